The van der Waals surface area contributed by atoms with Crippen molar-refractivity contribution in [3.8, 4) is 0 Å². The molecule has 0 aromatic heterocycles. The van der Waals surface area contributed by atoms with Crippen LogP contribution in [0.2, 0.25) is 0 Å². The predicted octanol–water partition coefficient (Wildman–Crippen LogP) is 2.24. The van der Waals surface area contributed by atoms with Gasteiger partial charge in [0.1, 0.15) is 24.1 Å². The first-order chi connectivity index (χ1) is 16.8. The minimum absolute atomic E-state index is 0.0426. The van der Waals surface area contributed by atoms with Crippen LogP contribution in [0.5, 0.6) is 0 Å². The third-order valence-electron chi connectivity index (χ3n) is 12.1. The fraction of sp³-hybridized carbons (Fsp3) is 0.963. The van der Waals surface area contributed by atoms with Crippen LogP contribution < -0.4 is 0 Å². The zero-order chi connectivity index (χ0) is 24.5. The van der Waals surface area contributed by atoms with E-state index in [1.807, 2.05) is 14.2 Å². The summed E-state index contributed by atoms with van der Waals surface area (Å²) in [5, 5.41) is 0. The standard InChI is InChI=1S/C27H41NO7/c1-7-28-12-24(3)9-8-18(31-5)26-16-10-15-17(30-4)11-25(19(16)20(15)35-14(2)29)27(23(26)28,34-13-33-25)22(32-6)21(24)26/h15-23H,7-13H2,1-6H3/t15-,16-,17+,18+,19-,20+,21-,22+,23?,24+,25-,26+,27-/m1/s1. The van der Waals surface area contributed by atoms with Crippen LogP contribution in [0.25, 0.3) is 0 Å². The molecule has 5 aliphatic carbocycles. The van der Waals surface area contributed by atoms with Crippen LogP contribution >= 0.6 is 0 Å². The van der Waals surface area contributed by atoms with Gasteiger partial charge >= 0.3 is 5.97 Å². The second-order valence-corrected chi connectivity index (χ2v) is 12.7. The van der Waals surface area contributed by atoms with Crippen molar-refractivity contribution in [2.24, 2.45) is 34.5 Å². The molecule has 0 N–H and O–H groups in total. The quantitative estimate of drug-likeness (QED) is 0.542. The van der Waals surface area contributed by atoms with Crippen molar-refractivity contribution in [2.45, 2.75) is 88.1 Å². The lowest BCUT2D eigenvalue weighted by Crippen LogP contribution is -2.81. The maximum absolute atomic E-state index is 12.4. The second-order valence-electron chi connectivity index (χ2n) is 12.7. The van der Waals surface area contributed by atoms with Gasteiger partial charge in [0.15, 0.2) is 0 Å². The average molecular weight is 492 g/mol. The summed E-state index contributed by atoms with van der Waals surface area (Å²) >= 11 is 0. The largest absolute Gasteiger partial charge is 0.462 e. The van der Waals surface area contributed by atoms with Crippen LogP contribution in [0, 0.1) is 34.5 Å². The molecule has 8 nitrogen and oxygen atoms in total. The van der Waals surface area contributed by atoms with E-state index in [9.17, 15) is 4.79 Å². The maximum Gasteiger partial charge on any atom is 0.302 e. The molecular formula is C27H41NO7. The molecule has 1 unspecified atom stereocenters. The van der Waals surface area contributed by atoms with E-state index in [-0.39, 0.29) is 71.8 Å². The molecule has 0 amide bonds. The van der Waals surface area contributed by atoms with Crippen LogP contribution in [0.1, 0.15) is 46.5 Å². The Bertz CT molecular complexity index is 931. The number of likely N-dealkylation sites (N-methyl/N-ethyl adjacent to an activating group) is 1. The summed E-state index contributed by atoms with van der Waals surface area (Å²) in [5.41, 5.74) is -1.36. The first kappa shape index (κ1) is 23.4. The number of nitrogens with zero attached hydrogens (tertiary/aromatic N) is 1. The Morgan fingerprint density at radius 3 is 2.60 bits per heavy atom. The lowest BCUT2D eigenvalue weighted by molar-refractivity contribution is -0.282. The van der Waals surface area contributed by atoms with Gasteiger partial charge in [-0.05, 0) is 37.1 Å². The number of esters is 1. The Morgan fingerprint density at radius 1 is 1.14 bits per heavy atom. The molecule has 7 fully saturated rings. The molecule has 196 valence electrons. The van der Waals surface area contributed by atoms with E-state index in [2.05, 4.69) is 18.7 Å². The number of carbonyl (C=O) groups excluding carboxylic acids is 1. The van der Waals surface area contributed by atoms with E-state index in [0.29, 0.717) is 5.92 Å². The molecule has 35 heavy (non-hydrogen) atoms. The number of ether oxygens (including phenoxy) is 6. The van der Waals surface area contributed by atoms with Gasteiger partial charge in [0.2, 0.25) is 0 Å². The number of hydrogen-bond acceptors (Lipinski definition) is 8. The highest BCUT2D eigenvalue weighted by atomic mass is 16.7. The van der Waals surface area contributed by atoms with Gasteiger partial charge in [-0.2, -0.15) is 0 Å². The van der Waals surface area contributed by atoms with Crippen LogP contribution in [0.4, 0.5) is 0 Å². The van der Waals surface area contributed by atoms with Gasteiger partial charge in [0.05, 0.1) is 24.4 Å². The second kappa shape index (κ2) is 7.20. The number of hydrogen-bond donors (Lipinski definition) is 0. The molecule has 5 saturated carbocycles. The topological polar surface area (TPSA) is 75.7 Å². The lowest BCUT2D eigenvalue weighted by Gasteiger charge is -2.69. The molecule has 0 aromatic carbocycles. The van der Waals surface area contributed by atoms with Gasteiger partial charge in [0.25, 0.3) is 0 Å². The fourth-order valence-electron chi connectivity index (χ4n) is 11.7. The Kier molecular flexibility index (Phi) is 4.81. The van der Waals surface area contributed by atoms with Crippen molar-refractivity contribution < 1.29 is 33.2 Å². The molecule has 7 rings (SSSR count). The van der Waals surface area contributed by atoms with E-state index in [4.69, 9.17) is 28.4 Å². The Morgan fingerprint density at radius 2 is 1.94 bits per heavy atom. The zero-order valence-corrected chi connectivity index (χ0v) is 22.0. The normalized spacial score (nSPS) is 59.4. The monoisotopic (exact) mass is 491 g/mol. The molecule has 2 heterocycles. The number of fused-ring (bicyclic) bond motifs is 1. The third kappa shape index (κ3) is 2.24. The highest BCUT2D eigenvalue weighted by Crippen LogP contribution is 2.82. The van der Waals surface area contributed by atoms with E-state index in [1.54, 1.807) is 7.11 Å². The van der Waals surface area contributed by atoms with Crippen LogP contribution in [-0.4, -0.2) is 93.7 Å². The average Bonchev–Trinajstić information content (AvgIpc) is 3.39. The van der Waals surface area contributed by atoms with E-state index in [0.717, 1.165) is 38.8 Å². The van der Waals surface area contributed by atoms with Crippen LogP contribution in [-0.2, 0) is 33.2 Å². The van der Waals surface area contributed by atoms with Crippen molar-refractivity contribution in [1.82, 2.24) is 4.90 Å². The summed E-state index contributed by atoms with van der Waals surface area (Å²) in [4.78, 5) is 15.1. The molecule has 2 aliphatic heterocycles. The molecule has 13 atom stereocenters. The third-order valence-corrected chi connectivity index (χ3v) is 12.1. The van der Waals surface area contributed by atoms with Crippen LogP contribution in [0.3, 0.4) is 0 Å². The Labute approximate surface area is 208 Å². The maximum atomic E-state index is 12.4. The number of methoxy groups -OCH3 is 3. The molecule has 8 heteroatoms. The van der Waals surface area contributed by atoms with Crippen molar-refractivity contribution in [1.29, 1.82) is 0 Å². The van der Waals surface area contributed by atoms with Crippen molar-refractivity contribution in [2.75, 3.05) is 41.2 Å². The van der Waals surface area contributed by atoms with E-state index < -0.39 is 11.2 Å². The number of carbonyl (C=O) groups is 1. The molecule has 7 aliphatic rings. The fourth-order valence-corrected chi connectivity index (χ4v) is 11.7. The van der Waals surface area contributed by atoms with Gasteiger partial charge in [-0.3, -0.25) is 9.69 Å². The highest BCUT2D eigenvalue weighted by molar-refractivity contribution is 5.66. The SMILES string of the molecule is CCN1C[C@]2(C)CC[C@H](OC)[C@@]34C1[C@]1(OCO[C@@]15C[C@H](OC)[C@H]1C[C@@H]3[C@@H]5[C@H]1OC(C)=O)[C@@H](OC)[C@H]24. The first-order valence-electron chi connectivity index (χ1n) is 13.6. The van der Waals surface area contributed by atoms with Gasteiger partial charge in [-0.1, -0.05) is 13.8 Å². The Hall–Kier alpha value is -0.770. The van der Waals surface area contributed by atoms with Gasteiger partial charge < -0.3 is 28.4 Å². The van der Waals surface area contributed by atoms with Crippen molar-refractivity contribution >= 4 is 5.97 Å². The van der Waals surface area contributed by atoms with Crippen molar-refractivity contribution in [3.63, 3.8) is 0 Å². The zero-order valence-electron chi connectivity index (χ0n) is 22.0. The van der Waals surface area contributed by atoms with E-state index >= 15 is 0 Å². The summed E-state index contributed by atoms with van der Waals surface area (Å²) in [5.74, 6) is 0.536. The van der Waals surface area contributed by atoms with Crippen molar-refractivity contribution in [3.05, 3.63) is 0 Å². The first-order valence-corrected chi connectivity index (χ1v) is 13.6. The van der Waals surface area contributed by atoms with Gasteiger partial charge in [-0.15, -0.1) is 0 Å². The summed E-state index contributed by atoms with van der Waals surface area (Å²) in [6.45, 7) is 8.50. The lowest BCUT2D eigenvalue weighted by atomic mass is 9.43. The minimum atomic E-state index is -0.660. The predicted molar refractivity (Wildman–Crippen MR) is 124 cm³/mol. The molecule has 0 aromatic rings. The number of rotatable bonds is 5. The summed E-state index contributed by atoms with van der Waals surface area (Å²) in [6.07, 6.45) is 3.54. The Balaban J connectivity index is 1.55. The number of piperidine rings is 1. The summed E-state index contributed by atoms with van der Waals surface area (Å²) in [6, 6.07) is 0.129. The smallest absolute Gasteiger partial charge is 0.302 e. The minimum Gasteiger partial charge on any atom is -0.462 e. The number of likely N-dealkylation sites (tertiary alicyclic amines) is 1. The molecule has 7 bridgehead atoms. The van der Waals surface area contributed by atoms with Gasteiger partial charge in [0, 0.05) is 64.4 Å². The van der Waals surface area contributed by atoms with Gasteiger partial charge in [-0.25, -0.2) is 0 Å². The highest BCUT2D eigenvalue weighted by Gasteiger charge is 2.93. The molecular weight excluding hydrogens is 450 g/mol. The molecule has 3 spiro atoms. The van der Waals surface area contributed by atoms with Crippen LogP contribution in [0.15, 0.2) is 0 Å². The van der Waals surface area contributed by atoms with E-state index in [1.165, 1.54) is 6.92 Å². The molecule has 2 saturated heterocycles. The molecule has 0 radical (unpaired) electrons. The summed E-state index contributed by atoms with van der Waals surface area (Å²) in [7, 11) is 5.53. The summed E-state index contributed by atoms with van der Waals surface area (Å²) < 4.78 is 39.2.